The minimum Gasteiger partial charge on any atom is -0.490 e. The predicted octanol–water partition coefficient (Wildman–Crippen LogP) is 2.42. The highest BCUT2D eigenvalue weighted by molar-refractivity contribution is 5.95. The van der Waals surface area contributed by atoms with Crippen molar-refractivity contribution < 1.29 is 14.3 Å². The van der Waals surface area contributed by atoms with E-state index in [1.165, 1.54) is 0 Å². The van der Waals surface area contributed by atoms with Gasteiger partial charge in [-0.15, -0.1) is 0 Å². The van der Waals surface area contributed by atoms with Crippen molar-refractivity contribution in [3.8, 4) is 11.5 Å². The van der Waals surface area contributed by atoms with E-state index in [4.69, 9.17) is 9.47 Å². The summed E-state index contributed by atoms with van der Waals surface area (Å²) in [6.07, 6.45) is 0.855. The Kier molecular flexibility index (Phi) is 5.07. The van der Waals surface area contributed by atoms with Gasteiger partial charge in [0.15, 0.2) is 11.5 Å². The van der Waals surface area contributed by atoms with Crippen LogP contribution in [0.5, 0.6) is 11.5 Å². The number of nitrogens with one attached hydrogen (secondary N) is 2. The molecule has 1 aromatic carbocycles. The van der Waals surface area contributed by atoms with Crippen LogP contribution in [0, 0.1) is 5.41 Å². The van der Waals surface area contributed by atoms with Gasteiger partial charge >= 0.3 is 0 Å². The van der Waals surface area contributed by atoms with Crippen LogP contribution in [0.25, 0.3) is 0 Å². The van der Waals surface area contributed by atoms with Crippen molar-refractivity contribution in [2.75, 3.05) is 31.6 Å². The van der Waals surface area contributed by atoms with Gasteiger partial charge < -0.3 is 20.1 Å². The lowest BCUT2D eigenvalue weighted by Gasteiger charge is -2.22. The number of carbonyl (C=O) groups is 1. The molecule has 116 valence electrons. The molecule has 2 N–H and O–H groups in total. The first-order valence-corrected chi connectivity index (χ1v) is 7.51. The molecule has 1 aliphatic rings. The van der Waals surface area contributed by atoms with E-state index < -0.39 is 0 Å². The maximum atomic E-state index is 12.4. The van der Waals surface area contributed by atoms with Crippen LogP contribution in [0.3, 0.4) is 0 Å². The molecule has 1 unspecified atom stereocenters. The summed E-state index contributed by atoms with van der Waals surface area (Å²) in [6.45, 7) is 8.58. The predicted molar refractivity (Wildman–Crippen MR) is 83.0 cm³/mol. The average molecular weight is 292 g/mol. The molecule has 0 aromatic heterocycles. The molecule has 1 amide bonds. The molecule has 1 heterocycles. The van der Waals surface area contributed by atoms with E-state index in [-0.39, 0.29) is 11.3 Å². The van der Waals surface area contributed by atoms with Crippen molar-refractivity contribution in [2.45, 2.75) is 27.2 Å². The molecule has 1 saturated heterocycles. The summed E-state index contributed by atoms with van der Waals surface area (Å²) in [5, 5.41) is 6.21. The molecule has 0 aliphatic carbocycles. The van der Waals surface area contributed by atoms with Crippen LogP contribution in [0.4, 0.5) is 5.69 Å². The first-order chi connectivity index (χ1) is 10.1. The van der Waals surface area contributed by atoms with Crippen LogP contribution in [0.2, 0.25) is 0 Å². The van der Waals surface area contributed by atoms with E-state index in [1.54, 1.807) is 0 Å². The molecule has 21 heavy (non-hydrogen) atoms. The zero-order valence-electron chi connectivity index (χ0n) is 13.0. The Morgan fingerprint density at radius 3 is 2.62 bits per heavy atom. The molecule has 1 atom stereocenters. The van der Waals surface area contributed by atoms with E-state index in [0.717, 1.165) is 18.7 Å². The minimum atomic E-state index is -0.343. The molecule has 5 heteroatoms. The molecule has 5 nitrogen and oxygen atoms in total. The van der Waals surface area contributed by atoms with E-state index in [2.05, 4.69) is 10.6 Å². The number of hydrogen-bond acceptors (Lipinski definition) is 4. The summed E-state index contributed by atoms with van der Waals surface area (Å²) in [5.74, 6) is 1.40. The van der Waals surface area contributed by atoms with Crippen molar-refractivity contribution in [3.05, 3.63) is 18.2 Å². The molecule has 0 saturated carbocycles. The molecular weight excluding hydrogens is 268 g/mol. The third kappa shape index (κ3) is 3.67. The number of benzene rings is 1. The fraction of sp³-hybridized carbons (Fsp3) is 0.562. The lowest BCUT2D eigenvalue weighted by atomic mass is 9.89. The molecular formula is C16H24N2O3. The second kappa shape index (κ2) is 6.80. The van der Waals surface area contributed by atoms with Gasteiger partial charge in [-0.05, 0) is 45.9 Å². The maximum absolute atomic E-state index is 12.4. The maximum Gasteiger partial charge on any atom is 0.231 e. The number of carbonyl (C=O) groups excluding carboxylic acids is 1. The third-order valence-corrected chi connectivity index (χ3v) is 3.72. The summed E-state index contributed by atoms with van der Waals surface area (Å²) < 4.78 is 11.1. The van der Waals surface area contributed by atoms with Gasteiger partial charge in [0.25, 0.3) is 0 Å². The van der Waals surface area contributed by atoms with Crippen LogP contribution < -0.4 is 20.1 Å². The van der Waals surface area contributed by atoms with Gasteiger partial charge in [-0.2, -0.15) is 0 Å². The van der Waals surface area contributed by atoms with E-state index in [1.807, 2.05) is 39.0 Å². The Labute approximate surface area is 126 Å². The van der Waals surface area contributed by atoms with Gasteiger partial charge in [0.2, 0.25) is 5.91 Å². The average Bonchev–Trinajstić information content (AvgIpc) is 2.90. The summed E-state index contributed by atoms with van der Waals surface area (Å²) in [7, 11) is 0. The number of rotatable bonds is 6. The highest BCUT2D eigenvalue weighted by Gasteiger charge is 2.36. The van der Waals surface area contributed by atoms with E-state index >= 15 is 0 Å². The number of amides is 1. The van der Waals surface area contributed by atoms with Gasteiger partial charge in [-0.3, -0.25) is 4.79 Å². The van der Waals surface area contributed by atoms with Gasteiger partial charge in [-0.1, -0.05) is 0 Å². The topological polar surface area (TPSA) is 59.6 Å². The van der Waals surface area contributed by atoms with Gasteiger partial charge in [0, 0.05) is 18.3 Å². The number of ether oxygens (including phenoxy) is 2. The van der Waals surface area contributed by atoms with Crippen molar-refractivity contribution in [1.82, 2.24) is 5.32 Å². The standard InChI is InChI=1S/C16H24N2O3/c1-4-20-13-7-6-12(10-14(13)21-5-2)18-15(19)16(3)8-9-17-11-16/h6-7,10,17H,4-5,8-9,11H2,1-3H3,(H,18,19). The monoisotopic (exact) mass is 292 g/mol. The lowest BCUT2D eigenvalue weighted by Crippen LogP contribution is -2.35. The molecule has 0 radical (unpaired) electrons. The van der Waals surface area contributed by atoms with Crippen molar-refractivity contribution in [1.29, 1.82) is 0 Å². The van der Waals surface area contributed by atoms with Crippen molar-refractivity contribution >= 4 is 11.6 Å². The smallest absolute Gasteiger partial charge is 0.231 e. The summed E-state index contributed by atoms with van der Waals surface area (Å²) in [4.78, 5) is 12.4. The summed E-state index contributed by atoms with van der Waals surface area (Å²) in [5.41, 5.74) is 0.393. The summed E-state index contributed by atoms with van der Waals surface area (Å²) in [6, 6.07) is 5.49. The normalized spacial score (nSPS) is 21.1. The quantitative estimate of drug-likeness (QED) is 0.845. The van der Waals surface area contributed by atoms with Crippen molar-refractivity contribution in [3.63, 3.8) is 0 Å². The Balaban J connectivity index is 2.12. The molecule has 1 aliphatic heterocycles. The second-order valence-electron chi connectivity index (χ2n) is 5.47. The van der Waals surface area contributed by atoms with Crippen LogP contribution in [0.15, 0.2) is 18.2 Å². The highest BCUT2D eigenvalue weighted by Crippen LogP contribution is 2.32. The third-order valence-electron chi connectivity index (χ3n) is 3.72. The summed E-state index contributed by atoms with van der Waals surface area (Å²) >= 11 is 0. The Hall–Kier alpha value is -1.75. The Morgan fingerprint density at radius 1 is 1.29 bits per heavy atom. The fourth-order valence-corrected chi connectivity index (χ4v) is 2.42. The molecule has 1 fully saturated rings. The van der Waals surface area contributed by atoms with Gasteiger partial charge in [-0.25, -0.2) is 0 Å². The van der Waals surface area contributed by atoms with E-state index in [9.17, 15) is 4.79 Å². The van der Waals surface area contributed by atoms with Crippen LogP contribution in [-0.4, -0.2) is 32.2 Å². The lowest BCUT2D eigenvalue weighted by molar-refractivity contribution is -0.123. The fourth-order valence-electron chi connectivity index (χ4n) is 2.42. The minimum absolute atomic E-state index is 0.0408. The number of anilines is 1. The number of hydrogen-bond donors (Lipinski definition) is 2. The van der Waals surface area contributed by atoms with Crippen LogP contribution >= 0.6 is 0 Å². The van der Waals surface area contributed by atoms with Crippen molar-refractivity contribution in [2.24, 2.45) is 5.41 Å². The van der Waals surface area contributed by atoms with E-state index in [0.29, 0.717) is 31.3 Å². The molecule has 0 bridgehead atoms. The molecule has 1 aromatic rings. The van der Waals surface area contributed by atoms with Crippen LogP contribution in [-0.2, 0) is 4.79 Å². The Morgan fingerprint density at radius 2 is 2.00 bits per heavy atom. The zero-order valence-corrected chi connectivity index (χ0v) is 13.0. The Bertz CT molecular complexity index is 496. The zero-order chi connectivity index (χ0) is 15.3. The second-order valence-corrected chi connectivity index (χ2v) is 5.47. The molecule has 2 rings (SSSR count). The van der Waals surface area contributed by atoms with Crippen LogP contribution in [0.1, 0.15) is 27.2 Å². The largest absolute Gasteiger partial charge is 0.490 e. The van der Waals surface area contributed by atoms with Gasteiger partial charge in [0.1, 0.15) is 0 Å². The SMILES string of the molecule is CCOc1ccc(NC(=O)C2(C)CCNC2)cc1OCC. The molecule has 0 spiro atoms. The van der Waals surface area contributed by atoms with Gasteiger partial charge in [0.05, 0.1) is 18.6 Å². The highest BCUT2D eigenvalue weighted by atomic mass is 16.5. The first-order valence-electron chi connectivity index (χ1n) is 7.51. The first kappa shape index (κ1) is 15.6.